The molecule has 0 saturated carbocycles. The molecule has 0 aromatic heterocycles. The van der Waals surface area contributed by atoms with Crippen LogP contribution in [0.5, 0.6) is 0 Å². The zero-order valence-electron chi connectivity index (χ0n) is 11.7. The lowest BCUT2D eigenvalue weighted by molar-refractivity contribution is -0.0517. The number of nitrogens with zero attached hydrogens (tertiary/aromatic N) is 1. The van der Waals surface area contributed by atoms with E-state index in [-0.39, 0.29) is 10.6 Å². The van der Waals surface area contributed by atoms with Gasteiger partial charge in [0.25, 0.3) is 0 Å². The summed E-state index contributed by atoms with van der Waals surface area (Å²) < 4.78 is 59.5. The average Bonchev–Trinajstić information content (AvgIpc) is 2.25. The largest absolute Gasteiger partial charge is 0.741 e. The van der Waals surface area contributed by atoms with Crippen molar-refractivity contribution in [3.05, 3.63) is 28.8 Å². The van der Waals surface area contributed by atoms with Crippen molar-refractivity contribution in [2.45, 2.75) is 5.51 Å². The van der Waals surface area contributed by atoms with Gasteiger partial charge in [0, 0.05) is 12.1 Å². The number of carboxylic acids is 1. The lowest BCUT2D eigenvalue weighted by Crippen LogP contribution is -2.34. The third-order valence-corrected chi connectivity index (χ3v) is 3.13. The number of carbonyl (C=O) groups is 1. The van der Waals surface area contributed by atoms with Crippen molar-refractivity contribution in [2.24, 2.45) is 0 Å². The first-order chi connectivity index (χ1) is 9.57. The lowest BCUT2D eigenvalue weighted by Gasteiger charge is -2.23. The first-order valence-corrected chi connectivity index (χ1v) is 7.23. The first-order valence-electron chi connectivity index (χ1n) is 5.44. The van der Waals surface area contributed by atoms with E-state index in [1.807, 2.05) is 27.2 Å². The van der Waals surface area contributed by atoms with Crippen LogP contribution in [0.25, 0.3) is 0 Å². The number of hydrogen-bond acceptors (Lipinski definition) is 4. The molecule has 0 unspecified atom stereocenters. The maximum atomic E-state index is 10.8. The summed E-state index contributed by atoms with van der Waals surface area (Å²) in [7, 11) is -0.189. The molecule has 1 N–H and O–H groups in total. The Kier molecular flexibility index (Phi) is 6.40. The molecule has 0 heterocycles. The summed E-state index contributed by atoms with van der Waals surface area (Å²) >= 11 is 5.75. The average molecular weight is 364 g/mol. The summed E-state index contributed by atoms with van der Waals surface area (Å²) in [5.74, 6) is -0.995. The Hall–Kier alpha value is -1.36. The minimum Gasteiger partial charge on any atom is -0.741 e. The summed E-state index contributed by atoms with van der Waals surface area (Å²) in [5.41, 5.74) is -4.59. The smallest absolute Gasteiger partial charge is 0.485 e. The molecular formula is C11H13ClF3NO5S. The molecule has 0 bridgehead atoms. The van der Waals surface area contributed by atoms with Gasteiger partial charge >= 0.3 is 11.5 Å². The van der Waals surface area contributed by atoms with Crippen LogP contribution < -0.4 is 4.48 Å². The van der Waals surface area contributed by atoms with Crippen molar-refractivity contribution in [2.75, 3.05) is 21.1 Å². The zero-order valence-corrected chi connectivity index (χ0v) is 13.3. The molecule has 11 heteroatoms. The minimum absolute atomic E-state index is 0.150. The molecule has 1 aromatic carbocycles. The van der Waals surface area contributed by atoms with E-state index in [1.54, 1.807) is 12.1 Å². The summed E-state index contributed by atoms with van der Waals surface area (Å²) in [6, 6.07) is 5.04. The van der Waals surface area contributed by atoms with E-state index in [0.717, 1.165) is 5.69 Å². The van der Waals surface area contributed by atoms with Crippen molar-refractivity contribution in [3.8, 4) is 0 Å². The number of aromatic carboxylic acids is 1. The monoisotopic (exact) mass is 363 g/mol. The Balaban J connectivity index is 0.000000472. The van der Waals surface area contributed by atoms with E-state index in [9.17, 15) is 18.0 Å². The van der Waals surface area contributed by atoms with Gasteiger partial charge in [0.2, 0.25) is 0 Å². The lowest BCUT2D eigenvalue weighted by atomic mass is 10.2. The highest BCUT2D eigenvalue weighted by Gasteiger charge is 2.36. The zero-order chi connectivity index (χ0) is 17.9. The van der Waals surface area contributed by atoms with E-state index in [1.165, 1.54) is 0 Å². The molecule has 126 valence electrons. The molecular weight excluding hydrogens is 351 g/mol. The van der Waals surface area contributed by atoms with Crippen LogP contribution in [0.15, 0.2) is 18.2 Å². The number of carboxylic acid groups (broad SMARTS) is 1. The molecule has 1 aromatic rings. The Labute approximate surface area is 130 Å². The van der Waals surface area contributed by atoms with E-state index in [2.05, 4.69) is 0 Å². The quantitative estimate of drug-likeness (QED) is 0.494. The predicted octanol–water partition coefficient (Wildman–Crippen LogP) is 2.29. The number of quaternary nitrogens is 1. The molecule has 0 radical (unpaired) electrons. The van der Waals surface area contributed by atoms with Crippen molar-refractivity contribution in [1.29, 1.82) is 0 Å². The molecule has 1 rings (SSSR count). The van der Waals surface area contributed by atoms with Gasteiger partial charge in [0.05, 0.1) is 31.7 Å². The van der Waals surface area contributed by atoms with E-state index < -0.39 is 21.6 Å². The molecule has 0 fully saturated rings. The molecule has 6 nitrogen and oxygen atoms in total. The summed E-state index contributed by atoms with van der Waals surface area (Å²) in [5, 5.41) is 9.14. The highest BCUT2D eigenvalue weighted by atomic mass is 35.5. The van der Waals surface area contributed by atoms with Gasteiger partial charge in [-0.3, -0.25) is 4.48 Å². The number of benzene rings is 1. The molecule has 0 aliphatic carbocycles. The molecule has 0 amide bonds. The predicted molar refractivity (Wildman–Crippen MR) is 73.7 cm³/mol. The number of alkyl halides is 3. The van der Waals surface area contributed by atoms with Crippen LogP contribution in [0.1, 0.15) is 10.4 Å². The standard InChI is InChI=1S/C10H12ClNO2.CHF3O3S/c1-12(2,3)7-4-5-9(11)8(6-7)10(13)14;2-1(3,4)8(5,6)7/h4-6H,1-3H3;(H,5,6,7). The van der Waals surface area contributed by atoms with Gasteiger partial charge in [-0.05, 0) is 6.07 Å². The summed E-state index contributed by atoms with van der Waals surface area (Å²) in [4.78, 5) is 10.8. The fourth-order valence-electron chi connectivity index (χ4n) is 1.09. The van der Waals surface area contributed by atoms with Crippen LogP contribution in [-0.2, 0) is 10.1 Å². The van der Waals surface area contributed by atoms with Crippen LogP contribution in [0, 0.1) is 0 Å². The van der Waals surface area contributed by atoms with E-state index >= 15 is 0 Å². The SMILES string of the molecule is C[N+](C)(C)c1ccc(Cl)c(C(=O)O)c1.O=S(=O)([O-])C(F)(F)F. The molecule has 0 aliphatic rings. The van der Waals surface area contributed by atoms with Crippen molar-refractivity contribution < 1.29 is 36.0 Å². The van der Waals surface area contributed by atoms with Gasteiger partial charge in [0.1, 0.15) is 5.69 Å². The number of hydrogen-bond donors (Lipinski definition) is 1. The van der Waals surface area contributed by atoms with Crippen molar-refractivity contribution in [3.63, 3.8) is 0 Å². The highest BCUT2D eigenvalue weighted by molar-refractivity contribution is 7.86. The Morgan fingerprint density at radius 1 is 1.27 bits per heavy atom. The van der Waals surface area contributed by atoms with Crippen LogP contribution in [-0.4, -0.2) is 50.7 Å². The second-order valence-corrected chi connectivity index (χ2v) is 6.66. The second-order valence-electron chi connectivity index (χ2n) is 4.88. The third-order valence-electron chi connectivity index (χ3n) is 2.24. The summed E-state index contributed by atoms with van der Waals surface area (Å²) in [6.07, 6.45) is 0. The van der Waals surface area contributed by atoms with E-state index in [4.69, 9.17) is 29.7 Å². The molecule has 0 aliphatic heterocycles. The van der Waals surface area contributed by atoms with Gasteiger partial charge in [-0.25, -0.2) is 13.2 Å². The maximum absolute atomic E-state index is 10.8. The van der Waals surface area contributed by atoms with Gasteiger partial charge in [-0.2, -0.15) is 13.2 Å². The van der Waals surface area contributed by atoms with Crippen LogP contribution in [0.4, 0.5) is 18.9 Å². The minimum atomic E-state index is -6.09. The molecule has 0 saturated heterocycles. The van der Waals surface area contributed by atoms with Crippen molar-refractivity contribution >= 4 is 33.4 Å². The van der Waals surface area contributed by atoms with Gasteiger partial charge < -0.3 is 9.66 Å². The van der Waals surface area contributed by atoms with Crippen LogP contribution in [0.2, 0.25) is 5.02 Å². The number of halogens is 4. The fourth-order valence-corrected chi connectivity index (χ4v) is 1.29. The topological polar surface area (TPSA) is 94.5 Å². The Bertz CT molecular complexity index is 653. The normalized spacial score (nSPS) is 12.4. The second kappa shape index (κ2) is 6.82. The van der Waals surface area contributed by atoms with E-state index in [0.29, 0.717) is 4.48 Å². The van der Waals surface area contributed by atoms with Crippen LogP contribution >= 0.6 is 11.6 Å². The molecule has 22 heavy (non-hydrogen) atoms. The Morgan fingerprint density at radius 2 is 1.68 bits per heavy atom. The summed E-state index contributed by atoms with van der Waals surface area (Å²) in [6.45, 7) is 0. The van der Waals surface area contributed by atoms with Gasteiger partial charge in [-0.1, -0.05) is 11.6 Å². The third kappa shape index (κ3) is 6.18. The van der Waals surface area contributed by atoms with Gasteiger partial charge in [0.15, 0.2) is 10.1 Å². The Morgan fingerprint density at radius 3 is 1.95 bits per heavy atom. The molecule has 0 atom stereocenters. The maximum Gasteiger partial charge on any atom is 0.485 e. The molecule has 0 spiro atoms. The van der Waals surface area contributed by atoms with Crippen molar-refractivity contribution in [1.82, 2.24) is 4.48 Å². The highest BCUT2D eigenvalue weighted by Crippen LogP contribution is 2.24. The number of rotatable bonds is 2. The van der Waals surface area contributed by atoms with Gasteiger partial charge in [-0.15, -0.1) is 0 Å². The fraction of sp³-hybridized carbons (Fsp3) is 0.364. The van der Waals surface area contributed by atoms with Crippen LogP contribution in [0.3, 0.4) is 0 Å². The first kappa shape index (κ1) is 20.6.